The lowest BCUT2D eigenvalue weighted by molar-refractivity contribution is 0.0994. The van der Waals surface area contributed by atoms with E-state index in [1.165, 1.54) is 0 Å². The number of benzene rings is 4. The smallest absolute Gasteiger partial charge is 0.252 e. The van der Waals surface area contributed by atoms with E-state index in [2.05, 4.69) is 16.8 Å². The molecule has 39 heavy (non-hydrogen) atoms. The number of aromatic nitrogens is 1. The van der Waals surface area contributed by atoms with Gasteiger partial charge in [0.25, 0.3) is 5.91 Å². The molecule has 5 N–H and O–H groups in total. The quantitative estimate of drug-likeness (QED) is 0.209. The average Bonchev–Trinajstić information content (AvgIpc) is 3.33. The van der Waals surface area contributed by atoms with E-state index in [1.807, 2.05) is 74.6 Å². The number of amides is 1. The second kappa shape index (κ2) is 10.9. The second-order valence-corrected chi connectivity index (χ2v) is 9.91. The summed E-state index contributed by atoms with van der Waals surface area (Å²) in [6.07, 6.45) is 2.28. The Balaban J connectivity index is 1.59. The van der Waals surface area contributed by atoms with Gasteiger partial charge in [-0.3, -0.25) is 4.79 Å². The number of aromatic amines is 1. The van der Waals surface area contributed by atoms with Crippen LogP contribution in [0.2, 0.25) is 0 Å². The van der Waals surface area contributed by atoms with Crippen LogP contribution in [0.5, 0.6) is 11.5 Å². The molecule has 0 unspecified atom stereocenters. The molecule has 196 valence electrons. The fourth-order valence-electron chi connectivity index (χ4n) is 4.87. The monoisotopic (exact) mass is 518 g/mol. The normalized spacial score (nSPS) is 11.9. The number of aliphatic hydroxyl groups excluding tert-OH is 1. The maximum atomic E-state index is 12.6. The number of phenols is 1. The first kappa shape index (κ1) is 25.9. The third kappa shape index (κ3) is 5.59. The van der Waals surface area contributed by atoms with Crippen molar-refractivity contribution in [2.45, 2.75) is 32.3 Å². The van der Waals surface area contributed by atoms with Crippen molar-refractivity contribution in [2.24, 2.45) is 5.73 Å². The average molecular weight is 519 g/mol. The Bertz CT molecular complexity index is 1740. The van der Waals surface area contributed by atoms with Crippen molar-refractivity contribution in [3.8, 4) is 23.3 Å². The zero-order valence-corrected chi connectivity index (χ0v) is 21.9. The molecular formula is C33H30N2O4. The molecule has 0 aliphatic carbocycles. The first-order valence-corrected chi connectivity index (χ1v) is 12.9. The molecule has 0 saturated carbocycles. The van der Waals surface area contributed by atoms with Crippen LogP contribution in [0.1, 0.15) is 52.4 Å². The standard InChI is InChI=1S/C33H30N2O4/c1-20(2)39-32-29(26(19-36)16-25-18-35-31-6-4-3-5-28(25)31)14-22(15-30(32)33(34)38)8-7-21-9-10-24-17-27(37)12-11-23(24)13-21/h3-6,9-15,17-18,20,26,35-37H,16,19H2,1-2H3,(H2,34,38)/t26-/m0/s1. The largest absolute Gasteiger partial charge is 0.508 e. The van der Waals surface area contributed by atoms with Gasteiger partial charge in [-0.25, -0.2) is 0 Å². The van der Waals surface area contributed by atoms with Crippen molar-refractivity contribution >= 4 is 27.6 Å². The van der Waals surface area contributed by atoms with E-state index >= 15 is 0 Å². The van der Waals surface area contributed by atoms with Gasteiger partial charge in [0.2, 0.25) is 0 Å². The van der Waals surface area contributed by atoms with Gasteiger partial charge < -0.3 is 25.7 Å². The topological polar surface area (TPSA) is 109 Å². The summed E-state index contributed by atoms with van der Waals surface area (Å²) >= 11 is 0. The molecule has 5 rings (SSSR count). The SMILES string of the molecule is CC(C)Oc1c(C(N)=O)cc(C#Cc2ccc3cc(O)ccc3c2)cc1[C@H](CO)Cc1c[nH]c2ccccc12. The van der Waals surface area contributed by atoms with E-state index in [9.17, 15) is 15.0 Å². The maximum absolute atomic E-state index is 12.6. The molecule has 1 amide bonds. The summed E-state index contributed by atoms with van der Waals surface area (Å²) < 4.78 is 6.11. The first-order chi connectivity index (χ1) is 18.8. The maximum Gasteiger partial charge on any atom is 0.252 e. The first-order valence-electron chi connectivity index (χ1n) is 12.9. The molecule has 0 spiro atoms. The Kier molecular flexibility index (Phi) is 7.27. The number of fused-ring (bicyclic) bond motifs is 2. The van der Waals surface area contributed by atoms with Crippen molar-refractivity contribution in [2.75, 3.05) is 6.61 Å². The van der Waals surface area contributed by atoms with E-state index in [0.29, 0.717) is 23.3 Å². The molecule has 5 aromatic rings. The van der Waals surface area contributed by atoms with E-state index in [-0.39, 0.29) is 29.9 Å². The Morgan fingerprint density at radius 1 is 0.974 bits per heavy atom. The minimum atomic E-state index is -0.621. The lowest BCUT2D eigenvalue weighted by Crippen LogP contribution is -2.19. The predicted molar refractivity (Wildman–Crippen MR) is 154 cm³/mol. The Hall–Kier alpha value is -4.73. The van der Waals surface area contributed by atoms with Crippen molar-refractivity contribution in [1.29, 1.82) is 0 Å². The number of carbonyl (C=O) groups is 1. The van der Waals surface area contributed by atoms with Crippen molar-refractivity contribution in [3.05, 3.63) is 107 Å². The molecule has 0 aliphatic rings. The number of phenolic OH excluding ortho intramolecular Hbond substituents is 1. The molecule has 1 heterocycles. The molecule has 0 aliphatic heterocycles. The van der Waals surface area contributed by atoms with Crippen molar-refractivity contribution < 1.29 is 19.7 Å². The van der Waals surface area contributed by atoms with Gasteiger partial charge in [0.15, 0.2) is 0 Å². The van der Waals surface area contributed by atoms with Gasteiger partial charge in [-0.2, -0.15) is 0 Å². The summed E-state index contributed by atoms with van der Waals surface area (Å²) in [6.45, 7) is 3.62. The van der Waals surface area contributed by atoms with Gasteiger partial charge >= 0.3 is 0 Å². The van der Waals surface area contributed by atoms with E-state index in [1.54, 1.807) is 18.2 Å². The lowest BCUT2D eigenvalue weighted by atomic mass is 9.88. The highest BCUT2D eigenvalue weighted by atomic mass is 16.5. The molecule has 0 bridgehead atoms. The number of nitrogens with two attached hydrogens (primary N) is 1. The Morgan fingerprint density at radius 3 is 2.49 bits per heavy atom. The van der Waals surface area contributed by atoms with E-state index in [0.717, 1.165) is 32.8 Å². The van der Waals surface area contributed by atoms with Gasteiger partial charge in [-0.1, -0.05) is 42.2 Å². The van der Waals surface area contributed by atoms with Gasteiger partial charge in [0.05, 0.1) is 18.3 Å². The lowest BCUT2D eigenvalue weighted by Gasteiger charge is -2.23. The molecule has 6 nitrogen and oxygen atoms in total. The molecule has 1 atom stereocenters. The van der Waals surface area contributed by atoms with Gasteiger partial charge in [0, 0.05) is 39.7 Å². The molecule has 0 radical (unpaired) electrons. The van der Waals surface area contributed by atoms with Crippen LogP contribution in [-0.4, -0.2) is 33.8 Å². The number of aliphatic hydroxyl groups is 1. The fourth-order valence-corrected chi connectivity index (χ4v) is 4.87. The summed E-state index contributed by atoms with van der Waals surface area (Å²) in [5.74, 6) is 5.96. The summed E-state index contributed by atoms with van der Waals surface area (Å²) in [6, 6.07) is 22.5. The highest BCUT2D eigenvalue weighted by Crippen LogP contribution is 2.36. The van der Waals surface area contributed by atoms with Gasteiger partial charge in [-0.05, 0) is 79.1 Å². The number of rotatable bonds is 7. The third-order valence-electron chi connectivity index (χ3n) is 6.71. The van der Waals surface area contributed by atoms with Crippen LogP contribution in [0.3, 0.4) is 0 Å². The number of primary amides is 1. The molecule has 4 aromatic carbocycles. The summed E-state index contributed by atoms with van der Waals surface area (Å²) in [5.41, 5.74) is 10.2. The van der Waals surface area contributed by atoms with Crippen LogP contribution in [-0.2, 0) is 6.42 Å². The van der Waals surface area contributed by atoms with E-state index < -0.39 is 5.91 Å². The zero-order valence-electron chi connectivity index (χ0n) is 21.9. The third-order valence-corrected chi connectivity index (χ3v) is 6.71. The summed E-state index contributed by atoms with van der Waals surface area (Å²) in [5, 5.41) is 23.2. The van der Waals surface area contributed by atoms with Crippen LogP contribution in [0.4, 0.5) is 0 Å². The van der Waals surface area contributed by atoms with E-state index in [4.69, 9.17) is 10.5 Å². The van der Waals surface area contributed by atoms with Gasteiger partial charge in [0.1, 0.15) is 11.5 Å². The Morgan fingerprint density at radius 2 is 1.72 bits per heavy atom. The molecule has 6 heteroatoms. The second-order valence-electron chi connectivity index (χ2n) is 9.91. The zero-order chi connectivity index (χ0) is 27.5. The number of nitrogens with one attached hydrogen (secondary N) is 1. The van der Waals surface area contributed by atoms with Crippen molar-refractivity contribution in [1.82, 2.24) is 4.98 Å². The number of H-pyrrole nitrogens is 1. The molecular weight excluding hydrogens is 488 g/mol. The minimum absolute atomic E-state index is 0.152. The van der Waals surface area contributed by atoms with Crippen LogP contribution < -0.4 is 10.5 Å². The number of carbonyl (C=O) groups excluding carboxylic acids is 1. The van der Waals surface area contributed by atoms with Crippen LogP contribution >= 0.6 is 0 Å². The van der Waals surface area contributed by atoms with Gasteiger partial charge in [-0.15, -0.1) is 0 Å². The number of para-hydroxylation sites is 1. The highest BCUT2D eigenvalue weighted by molar-refractivity contribution is 5.97. The number of aromatic hydroxyl groups is 1. The van der Waals surface area contributed by atoms with Crippen LogP contribution in [0, 0.1) is 11.8 Å². The summed E-state index contributed by atoms with van der Waals surface area (Å²) in [7, 11) is 0. The van der Waals surface area contributed by atoms with Crippen LogP contribution in [0.15, 0.2) is 79.0 Å². The Labute approximate surface area is 227 Å². The fraction of sp³-hybridized carbons (Fsp3) is 0.182. The molecule has 0 saturated heterocycles. The number of hydrogen-bond donors (Lipinski definition) is 4. The molecule has 0 fully saturated rings. The van der Waals surface area contributed by atoms with Crippen molar-refractivity contribution in [3.63, 3.8) is 0 Å². The highest BCUT2D eigenvalue weighted by Gasteiger charge is 2.24. The number of ether oxygens (including phenoxy) is 1. The molecule has 1 aromatic heterocycles. The number of hydrogen-bond acceptors (Lipinski definition) is 4. The van der Waals surface area contributed by atoms with Crippen LogP contribution in [0.25, 0.3) is 21.7 Å². The summed E-state index contributed by atoms with van der Waals surface area (Å²) in [4.78, 5) is 15.9. The minimum Gasteiger partial charge on any atom is -0.508 e. The predicted octanol–water partition coefficient (Wildman–Crippen LogP) is 5.63.